The zero-order valence-corrected chi connectivity index (χ0v) is 10.3. The number of fused-ring (bicyclic) bond motifs is 1. The maximum absolute atomic E-state index is 12.8. The lowest BCUT2D eigenvalue weighted by Gasteiger charge is -2.11. The van der Waals surface area contributed by atoms with Gasteiger partial charge in [0.1, 0.15) is 11.5 Å². The van der Waals surface area contributed by atoms with E-state index in [1.807, 2.05) is 0 Å². The molecule has 1 aromatic rings. The van der Waals surface area contributed by atoms with Crippen LogP contribution in [0.15, 0.2) is 33.8 Å². The highest BCUT2D eigenvalue weighted by Gasteiger charge is 2.45. The number of ether oxygens (including phenoxy) is 2. The van der Waals surface area contributed by atoms with Crippen molar-refractivity contribution in [3.8, 4) is 11.5 Å². The average Bonchev–Trinajstić information content (AvgIpc) is 2.69. The van der Waals surface area contributed by atoms with Gasteiger partial charge in [0.25, 0.3) is 0 Å². The predicted molar refractivity (Wildman–Crippen MR) is 59.7 cm³/mol. The first kappa shape index (κ1) is 13.6. The molecule has 1 heterocycles. The summed E-state index contributed by atoms with van der Waals surface area (Å²) in [5, 5.41) is 8.61. The van der Waals surface area contributed by atoms with Gasteiger partial charge >= 0.3 is 12.1 Å². The molecule has 1 aromatic carbocycles. The van der Waals surface area contributed by atoms with Crippen LogP contribution in [0.1, 0.15) is 0 Å². The molecule has 1 N–H and O–H groups in total. The number of halogens is 3. The predicted octanol–water partition coefficient (Wildman–Crippen LogP) is 2.82. The largest absolute Gasteiger partial charge is 0.508 e. The molecule has 0 atom stereocenters. The van der Waals surface area contributed by atoms with E-state index in [1.165, 1.54) is 18.2 Å². The van der Waals surface area contributed by atoms with Crippen molar-refractivity contribution < 1.29 is 32.5 Å². The third-order valence-electron chi connectivity index (χ3n) is 2.21. The second-order valence-corrected chi connectivity index (χ2v) is 4.50. The topological polar surface area (TPSA) is 55.8 Å². The highest BCUT2D eigenvalue weighted by atomic mass is 32.2. The summed E-state index contributed by atoms with van der Waals surface area (Å²) in [6.45, 7) is 0. The fourth-order valence-corrected chi connectivity index (χ4v) is 2.37. The Morgan fingerprint density at radius 2 is 2.11 bits per heavy atom. The van der Waals surface area contributed by atoms with Crippen molar-refractivity contribution in [3.05, 3.63) is 28.9 Å². The number of aromatic hydroxyl groups is 1. The summed E-state index contributed by atoms with van der Waals surface area (Å²) in [5.74, 6) is -1.61. The van der Waals surface area contributed by atoms with Crippen molar-refractivity contribution in [2.24, 2.45) is 0 Å². The van der Waals surface area contributed by atoms with Gasteiger partial charge in [-0.25, -0.2) is 4.79 Å². The molecule has 0 radical (unpaired) electrons. The quantitative estimate of drug-likeness (QED) is 0.637. The molecule has 1 aliphatic heterocycles. The molecule has 19 heavy (non-hydrogen) atoms. The minimum atomic E-state index is -4.89. The molecule has 4 nitrogen and oxygen atoms in total. The number of carbonyl (C=O) groups is 1. The summed E-state index contributed by atoms with van der Waals surface area (Å²) < 4.78 is 47.5. The smallest absolute Gasteiger partial charge is 0.427 e. The minimum Gasteiger partial charge on any atom is -0.508 e. The van der Waals surface area contributed by atoms with E-state index in [0.717, 1.165) is 7.11 Å². The van der Waals surface area contributed by atoms with Gasteiger partial charge in [-0.05, 0) is 23.9 Å². The molecule has 0 saturated carbocycles. The van der Waals surface area contributed by atoms with Crippen molar-refractivity contribution in [3.63, 3.8) is 0 Å². The van der Waals surface area contributed by atoms with Gasteiger partial charge in [0, 0.05) is 6.07 Å². The van der Waals surface area contributed by atoms with E-state index in [-0.39, 0.29) is 11.5 Å². The van der Waals surface area contributed by atoms with Crippen LogP contribution >= 0.6 is 11.8 Å². The van der Waals surface area contributed by atoms with Gasteiger partial charge in [0.2, 0.25) is 0 Å². The number of methoxy groups -OCH3 is 1. The first-order chi connectivity index (χ1) is 8.82. The number of thioether (sulfide) groups is 1. The SMILES string of the molecule is COC(=O)C(=C1Oc2cc(O)ccc2S1)C(F)(F)F. The number of esters is 1. The monoisotopic (exact) mass is 292 g/mol. The Labute approximate surface area is 109 Å². The summed E-state index contributed by atoms with van der Waals surface area (Å²) in [6.07, 6.45) is -4.89. The molecular formula is C11H7F3O4S. The molecule has 8 heteroatoms. The molecule has 0 bridgehead atoms. The van der Waals surface area contributed by atoms with Crippen LogP contribution in [-0.2, 0) is 9.53 Å². The van der Waals surface area contributed by atoms with Crippen LogP contribution in [0.4, 0.5) is 13.2 Å². The number of phenolic OH excluding ortho intramolecular Hbond substituents is 1. The number of alkyl halides is 3. The summed E-state index contributed by atoms with van der Waals surface area (Å²) in [4.78, 5) is 11.6. The molecule has 0 aliphatic carbocycles. The van der Waals surface area contributed by atoms with Crippen molar-refractivity contribution in [1.29, 1.82) is 0 Å². The zero-order valence-electron chi connectivity index (χ0n) is 9.45. The third kappa shape index (κ3) is 2.62. The van der Waals surface area contributed by atoms with Gasteiger partial charge < -0.3 is 14.6 Å². The molecule has 0 aromatic heterocycles. The van der Waals surface area contributed by atoms with E-state index < -0.39 is 22.8 Å². The zero-order chi connectivity index (χ0) is 14.2. The Bertz CT molecular complexity index is 566. The van der Waals surface area contributed by atoms with Crippen LogP contribution in [0, 0.1) is 0 Å². The molecule has 0 amide bonds. The van der Waals surface area contributed by atoms with Crippen molar-refractivity contribution in [2.45, 2.75) is 11.1 Å². The van der Waals surface area contributed by atoms with Crippen molar-refractivity contribution in [1.82, 2.24) is 0 Å². The van der Waals surface area contributed by atoms with E-state index in [2.05, 4.69) is 4.74 Å². The number of hydrogen-bond acceptors (Lipinski definition) is 5. The Morgan fingerprint density at radius 3 is 2.68 bits per heavy atom. The summed E-state index contributed by atoms with van der Waals surface area (Å²) in [5.41, 5.74) is -1.50. The van der Waals surface area contributed by atoms with Gasteiger partial charge in [-0.1, -0.05) is 0 Å². The Balaban J connectivity index is 2.46. The normalized spacial score (nSPS) is 16.6. The second-order valence-electron chi connectivity index (χ2n) is 3.49. The standard InChI is InChI=1S/C11H7F3O4S/c1-17-9(16)8(11(12,13)14)10-18-6-4-5(15)2-3-7(6)19-10/h2-4,15H,1H3. The van der Waals surface area contributed by atoms with Gasteiger partial charge in [-0.2, -0.15) is 13.2 Å². The molecular weight excluding hydrogens is 285 g/mol. The van der Waals surface area contributed by atoms with E-state index >= 15 is 0 Å². The first-order valence-corrected chi connectivity index (χ1v) is 5.73. The minimum absolute atomic E-state index is 0.0608. The maximum Gasteiger partial charge on any atom is 0.427 e. The number of rotatable bonds is 1. The van der Waals surface area contributed by atoms with E-state index in [4.69, 9.17) is 4.74 Å². The lowest BCUT2D eigenvalue weighted by Crippen LogP contribution is -2.23. The number of phenols is 1. The molecule has 0 spiro atoms. The van der Waals surface area contributed by atoms with Gasteiger partial charge in [-0.15, -0.1) is 0 Å². The number of carbonyl (C=O) groups excluding carboxylic acids is 1. The van der Waals surface area contributed by atoms with Crippen LogP contribution in [0.3, 0.4) is 0 Å². The highest BCUT2D eigenvalue weighted by Crippen LogP contribution is 2.48. The third-order valence-corrected chi connectivity index (χ3v) is 3.24. The lowest BCUT2D eigenvalue weighted by molar-refractivity contribution is -0.148. The van der Waals surface area contributed by atoms with Gasteiger partial charge in [-0.3, -0.25) is 0 Å². The molecule has 1 aliphatic rings. The number of hydrogen-bond donors (Lipinski definition) is 1. The first-order valence-electron chi connectivity index (χ1n) is 4.91. The molecule has 102 valence electrons. The van der Waals surface area contributed by atoms with Gasteiger partial charge in [0.05, 0.1) is 12.0 Å². The molecule has 0 saturated heterocycles. The second kappa shape index (κ2) is 4.69. The fourth-order valence-electron chi connectivity index (χ4n) is 1.40. The Morgan fingerprint density at radius 1 is 1.42 bits per heavy atom. The maximum atomic E-state index is 12.8. The van der Waals surface area contributed by atoms with Crippen molar-refractivity contribution >= 4 is 17.7 Å². The summed E-state index contributed by atoms with van der Waals surface area (Å²) in [7, 11) is 0.854. The molecule has 2 rings (SSSR count). The lowest BCUT2D eigenvalue weighted by atomic mass is 10.3. The summed E-state index contributed by atoms with van der Waals surface area (Å²) >= 11 is 0.649. The van der Waals surface area contributed by atoms with Crippen LogP contribution in [0.25, 0.3) is 0 Å². The molecule has 0 fully saturated rings. The Hall–Kier alpha value is -1.83. The fraction of sp³-hybridized carbons (Fsp3) is 0.182. The summed E-state index contributed by atoms with van der Waals surface area (Å²) in [6, 6.07) is 3.87. The van der Waals surface area contributed by atoms with Crippen LogP contribution in [0.5, 0.6) is 11.5 Å². The van der Waals surface area contributed by atoms with Crippen LogP contribution in [0.2, 0.25) is 0 Å². The van der Waals surface area contributed by atoms with E-state index in [9.17, 15) is 23.1 Å². The van der Waals surface area contributed by atoms with Gasteiger partial charge in [0.15, 0.2) is 10.7 Å². The average molecular weight is 292 g/mol. The number of benzene rings is 1. The van der Waals surface area contributed by atoms with Crippen molar-refractivity contribution in [2.75, 3.05) is 7.11 Å². The van der Waals surface area contributed by atoms with E-state index in [0.29, 0.717) is 16.7 Å². The van der Waals surface area contributed by atoms with Crippen LogP contribution in [-0.4, -0.2) is 24.4 Å². The van der Waals surface area contributed by atoms with Crippen LogP contribution < -0.4 is 4.74 Å². The Kier molecular flexibility index (Phi) is 3.36. The van der Waals surface area contributed by atoms with E-state index in [1.54, 1.807) is 0 Å². The molecule has 0 unspecified atom stereocenters. The highest BCUT2D eigenvalue weighted by molar-refractivity contribution is 8.03.